The van der Waals surface area contributed by atoms with Crippen molar-refractivity contribution in [3.8, 4) is 5.75 Å². The van der Waals surface area contributed by atoms with Gasteiger partial charge >= 0.3 is 6.09 Å². The van der Waals surface area contributed by atoms with Gasteiger partial charge < -0.3 is 9.64 Å². The number of alkyl halides is 2. The largest absolute Gasteiger partial charge is 0.415 e. The molecule has 21 heavy (non-hydrogen) atoms. The quantitative estimate of drug-likeness (QED) is 0.350. The third-order valence-corrected chi connectivity index (χ3v) is 2.66. The van der Waals surface area contributed by atoms with Gasteiger partial charge in [0.1, 0.15) is 0 Å². The van der Waals surface area contributed by atoms with Gasteiger partial charge in [0.05, 0.1) is 0 Å². The second-order valence-corrected chi connectivity index (χ2v) is 4.39. The van der Waals surface area contributed by atoms with Gasteiger partial charge in [-0.3, -0.25) is 0 Å². The number of amides is 1. The lowest BCUT2D eigenvalue weighted by Crippen LogP contribution is -2.37. The minimum atomic E-state index is -2.34. The monoisotopic (exact) mass is 351 g/mol. The molecular formula is C11H8Cl2F5NO2. The fourth-order valence-corrected chi connectivity index (χ4v) is 1.73. The van der Waals surface area contributed by atoms with Gasteiger partial charge in [0, 0.05) is 24.8 Å². The maximum Gasteiger partial charge on any atom is 0.415 e. The number of hydrogen-bond donors (Lipinski definition) is 0. The molecule has 1 aromatic rings. The molecule has 0 atom stereocenters. The highest BCUT2D eigenvalue weighted by Gasteiger charge is 2.29. The minimum absolute atomic E-state index is 0.0386. The molecule has 0 aliphatic carbocycles. The van der Waals surface area contributed by atoms with Crippen molar-refractivity contribution in [2.24, 2.45) is 0 Å². The molecule has 0 saturated carbocycles. The summed E-state index contributed by atoms with van der Waals surface area (Å²) in [6, 6.07) is 0. The van der Waals surface area contributed by atoms with Crippen molar-refractivity contribution in [1.29, 1.82) is 0 Å². The Morgan fingerprint density at radius 1 is 0.857 bits per heavy atom. The van der Waals surface area contributed by atoms with E-state index in [-0.39, 0.29) is 24.8 Å². The number of benzene rings is 1. The van der Waals surface area contributed by atoms with Crippen molar-refractivity contribution in [1.82, 2.24) is 4.90 Å². The molecule has 3 nitrogen and oxygen atoms in total. The van der Waals surface area contributed by atoms with Gasteiger partial charge in [-0.1, -0.05) is 0 Å². The average Bonchev–Trinajstić information content (AvgIpc) is 2.47. The van der Waals surface area contributed by atoms with Gasteiger partial charge in [0.2, 0.25) is 34.8 Å². The molecule has 0 radical (unpaired) electrons. The fourth-order valence-electron chi connectivity index (χ4n) is 1.32. The summed E-state index contributed by atoms with van der Waals surface area (Å²) < 4.78 is 69.6. The van der Waals surface area contributed by atoms with Gasteiger partial charge in [-0.2, -0.15) is 8.78 Å². The van der Waals surface area contributed by atoms with Crippen LogP contribution in [0.25, 0.3) is 0 Å². The Morgan fingerprint density at radius 3 is 1.62 bits per heavy atom. The zero-order valence-corrected chi connectivity index (χ0v) is 11.7. The topological polar surface area (TPSA) is 29.5 Å². The molecule has 0 aliphatic heterocycles. The maximum absolute atomic E-state index is 13.3. The molecule has 0 bridgehead atoms. The molecular weight excluding hydrogens is 344 g/mol. The molecule has 0 fully saturated rings. The van der Waals surface area contributed by atoms with Crippen molar-refractivity contribution in [3.63, 3.8) is 0 Å². The van der Waals surface area contributed by atoms with Crippen LogP contribution in [0.3, 0.4) is 0 Å². The van der Waals surface area contributed by atoms with E-state index < -0.39 is 40.9 Å². The van der Waals surface area contributed by atoms with E-state index in [9.17, 15) is 26.7 Å². The van der Waals surface area contributed by atoms with E-state index in [0.29, 0.717) is 0 Å². The van der Waals surface area contributed by atoms with Crippen LogP contribution >= 0.6 is 23.2 Å². The molecule has 10 heteroatoms. The molecule has 0 unspecified atom stereocenters. The summed E-state index contributed by atoms with van der Waals surface area (Å²) in [5.74, 6) is -13.0. The van der Waals surface area contributed by atoms with Crippen LogP contribution in [-0.4, -0.2) is 35.8 Å². The molecule has 1 aromatic carbocycles. The average molecular weight is 352 g/mol. The van der Waals surface area contributed by atoms with Crippen LogP contribution < -0.4 is 4.74 Å². The number of hydrogen-bond acceptors (Lipinski definition) is 2. The first-order valence-electron chi connectivity index (χ1n) is 5.45. The number of carbonyl (C=O) groups excluding carboxylic acids is 1. The molecule has 1 amide bonds. The Labute approximate surface area is 126 Å². The maximum atomic E-state index is 13.3. The summed E-state index contributed by atoms with van der Waals surface area (Å²) >= 11 is 10.8. The Balaban J connectivity index is 3.10. The Bertz CT molecular complexity index is 509. The van der Waals surface area contributed by atoms with Crippen LogP contribution in [0.1, 0.15) is 0 Å². The first-order chi connectivity index (χ1) is 9.84. The molecule has 0 saturated heterocycles. The number of ether oxygens (including phenoxy) is 1. The number of carbonyl (C=O) groups is 1. The summed E-state index contributed by atoms with van der Waals surface area (Å²) in [5, 5.41) is 0. The SMILES string of the molecule is O=C(Oc1c(F)c(F)c(F)c(F)c1F)N(CCCl)CCCl. The van der Waals surface area contributed by atoms with Crippen molar-refractivity contribution in [2.75, 3.05) is 24.8 Å². The summed E-state index contributed by atoms with van der Waals surface area (Å²) in [7, 11) is 0. The van der Waals surface area contributed by atoms with Crippen molar-refractivity contribution >= 4 is 29.3 Å². The number of rotatable bonds is 5. The van der Waals surface area contributed by atoms with Crippen LogP contribution in [0.5, 0.6) is 5.75 Å². The highest BCUT2D eigenvalue weighted by Crippen LogP contribution is 2.29. The third kappa shape index (κ3) is 3.88. The predicted octanol–water partition coefficient (Wildman–Crippen LogP) is 3.66. The van der Waals surface area contributed by atoms with Crippen molar-refractivity contribution in [2.45, 2.75) is 0 Å². The van der Waals surface area contributed by atoms with E-state index in [1.54, 1.807) is 0 Å². The van der Waals surface area contributed by atoms with Crippen LogP contribution in [0.2, 0.25) is 0 Å². The number of halogens is 7. The van der Waals surface area contributed by atoms with Crippen molar-refractivity contribution in [3.05, 3.63) is 29.1 Å². The van der Waals surface area contributed by atoms with E-state index >= 15 is 0 Å². The molecule has 0 heterocycles. The fraction of sp³-hybridized carbons (Fsp3) is 0.364. The Morgan fingerprint density at radius 2 is 1.24 bits per heavy atom. The molecule has 118 valence electrons. The molecule has 1 rings (SSSR count). The lowest BCUT2D eigenvalue weighted by atomic mass is 10.2. The second kappa shape index (κ2) is 7.65. The highest BCUT2D eigenvalue weighted by atomic mass is 35.5. The predicted molar refractivity (Wildman–Crippen MR) is 65.3 cm³/mol. The Kier molecular flexibility index (Phi) is 6.47. The Hall–Kier alpha value is -1.28. The van der Waals surface area contributed by atoms with E-state index in [1.807, 2.05) is 0 Å². The summed E-state index contributed by atoms with van der Waals surface area (Å²) in [4.78, 5) is 12.5. The highest BCUT2D eigenvalue weighted by molar-refractivity contribution is 6.18. The van der Waals surface area contributed by atoms with E-state index in [1.165, 1.54) is 0 Å². The van der Waals surface area contributed by atoms with E-state index in [2.05, 4.69) is 4.74 Å². The van der Waals surface area contributed by atoms with Crippen LogP contribution in [0.15, 0.2) is 0 Å². The summed E-state index contributed by atoms with van der Waals surface area (Å²) in [6.45, 7) is -0.162. The first kappa shape index (κ1) is 17.8. The molecule has 0 N–H and O–H groups in total. The lowest BCUT2D eigenvalue weighted by Gasteiger charge is -2.20. The van der Waals surface area contributed by atoms with Gasteiger partial charge in [-0.05, 0) is 0 Å². The van der Waals surface area contributed by atoms with Gasteiger partial charge in [0.15, 0.2) is 0 Å². The molecule has 0 aliphatic rings. The van der Waals surface area contributed by atoms with Crippen LogP contribution in [0, 0.1) is 29.1 Å². The zero-order valence-electron chi connectivity index (χ0n) is 10.2. The van der Waals surface area contributed by atoms with E-state index in [4.69, 9.17) is 23.2 Å². The van der Waals surface area contributed by atoms with Crippen LogP contribution in [-0.2, 0) is 0 Å². The van der Waals surface area contributed by atoms with Gasteiger partial charge in [0.25, 0.3) is 0 Å². The second-order valence-electron chi connectivity index (χ2n) is 3.63. The van der Waals surface area contributed by atoms with E-state index in [0.717, 1.165) is 4.90 Å². The summed E-state index contributed by atoms with van der Waals surface area (Å²) in [6.07, 6.45) is -1.33. The van der Waals surface area contributed by atoms with Crippen molar-refractivity contribution < 1.29 is 31.5 Å². The summed E-state index contributed by atoms with van der Waals surface area (Å²) in [5.41, 5.74) is 0. The first-order valence-corrected chi connectivity index (χ1v) is 6.52. The zero-order chi connectivity index (χ0) is 16.2. The van der Waals surface area contributed by atoms with Crippen LogP contribution in [0.4, 0.5) is 26.7 Å². The van der Waals surface area contributed by atoms with Gasteiger partial charge in [-0.15, -0.1) is 23.2 Å². The number of nitrogens with zero attached hydrogens (tertiary/aromatic N) is 1. The third-order valence-electron chi connectivity index (χ3n) is 2.33. The minimum Gasteiger partial charge on any atom is -0.404 e. The smallest absolute Gasteiger partial charge is 0.404 e. The van der Waals surface area contributed by atoms with Gasteiger partial charge in [-0.25, -0.2) is 18.0 Å². The lowest BCUT2D eigenvalue weighted by molar-refractivity contribution is 0.152. The molecule has 0 aromatic heterocycles. The standard InChI is InChI=1S/C11H8Cl2F5NO2/c12-1-3-19(4-2-13)11(20)21-10-8(17)6(15)5(14)7(16)9(10)18/h1-4H2. The molecule has 0 spiro atoms. The normalized spacial score (nSPS) is 10.6.